The van der Waals surface area contributed by atoms with Crippen LogP contribution in [0.25, 0.3) is 11.3 Å². The minimum absolute atomic E-state index is 0.111. The Morgan fingerprint density at radius 1 is 1.24 bits per heavy atom. The topological polar surface area (TPSA) is 50.2 Å². The summed E-state index contributed by atoms with van der Waals surface area (Å²) in [7, 11) is 0. The standard InChI is InChI=1S/C17H18N4/c1-12-8-18-9-16(21-12)14-4-2-3-13-5-6-17(7-15(13)14)10-19-11-20-17/h2-4,8-9,11H,5-7,10H2,1H3,(H,19,20). The summed E-state index contributed by atoms with van der Waals surface area (Å²) in [4.78, 5) is 13.3. The van der Waals surface area contributed by atoms with Gasteiger partial charge in [-0.15, -0.1) is 0 Å². The van der Waals surface area contributed by atoms with Crippen LogP contribution in [0.3, 0.4) is 0 Å². The van der Waals surface area contributed by atoms with Crippen molar-refractivity contribution in [1.29, 1.82) is 0 Å². The number of hydrogen-bond donors (Lipinski definition) is 1. The number of rotatable bonds is 1. The first-order chi connectivity index (χ1) is 10.3. The number of aliphatic imine (C=N–C) groups is 1. The van der Waals surface area contributed by atoms with Gasteiger partial charge in [-0.05, 0) is 37.3 Å². The summed E-state index contributed by atoms with van der Waals surface area (Å²) < 4.78 is 0. The van der Waals surface area contributed by atoms with Crippen LogP contribution in [0.2, 0.25) is 0 Å². The molecular weight excluding hydrogens is 260 g/mol. The van der Waals surface area contributed by atoms with E-state index >= 15 is 0 Å². The van der Waals surface area contributed by atoms with Gasteiger partial charge in [-0.1, -0.05) is 18.2 Å². The van der Waals surface area contributed by atoms with Gasteiger partial charge in [0.15, 0.2) is 0 Å². The van der Waals surface area contributed by atoms with Crippen LogP contribution in [0, 0.1) is 6.92 Å². The maximum atomic E-state index is 4.65. The highest BCUT2D eigenvalue weighted by Crippen LogP contribution is 2.35. The molecule has 1 unspecified atom stereocenters. The lowest BCUT2D eigenvalue weighted by atomic mass is 9.76. The molecule has 0 fully saturated rings. The predicted octanol–water partition coefficient (Wildman–Crippen LogP) is 2.31. The second-order valence-electron chi connectivity index (χ2n) is 6.06. The van der Waals surface area contributed by atoms with Crippen LogP contribution >= 0.6 is 0 Å². The van der Waals surface area contributed by atoms with Crippen molar-refractivity contribution in [3.63, 3.8) is 0 Å². The summed E-state index contributed by atoms with van der Waals surface area (Å²) in [5.41, 5.74) is 6.11. The molecule has 1 aliphatic heterocycles. The summed E-state index contributed by atoms with van der Waals surface area (Å²) in [5, 5.41) is 3.48. The van der Waals surface area contributed by atoms with Crippen molar-refractivity contribution in [1.82, 2.24) is 15.3 Å². The molecule has 2 aromatic rings. The Kier molecular flexibility index (Phi) is 2.77. The van der Waals surface area contributed by atoms with E-state index in [-0.39, 0.29) is 5.54 Å². The first-order valence-electron chi connectivity index (χ1n) is 7.42. The fraction of sp³-hybridized carbons (Fsp3) is 0.353. The maximum Gasteiger partial charge on any atom is 0.0891 e. The van der Waals surface area contributed by atoms with Gasteiger partial charge in [-0.2, -0.15) is 0 Å². The molecule has 4 heteroatoms. The number of aromatic nitrogens is 2. The van der Waals surface area contributed by atoms with Gasteiger partial charge in [0, 0.05) is 11.8 Å². The predicted molar refractivity (Wildman–Crippen MR) is 83.5 cm³/mol. The molecule has 2 heterocycles. The number of fused-ring (bicyclic) bond motifs is 1. The molecule has 1 spiro atoms. The van der Waals surface area contributed by atoms with Crippen molar-refractivity contribution >= 4 is 6.34 Å². The van der Waals surface area contributed by atoms with Gasteiger partial charge in [0.1, 0.15) is 0 Å². The number of benzene rings is 1. The van der Waals surface area contributed by atoms with Gasteiger partial charge in [0.05, 0.1) is 36.0 Å². The van der Waals surface area contributed by atoms with Crippen LogP contribution in [0.4, 0.5) is 0 Å². The average molecular weight is 278 g/mol. The minimum atomic E-state index is 0.111. The molecule has 21 heavy (non-hydrogen) atoms. The van der Waals surface area contributed by atoms with Gasteiger partial charge in [-0.25, -0.2) is 4.98 Å². The quantitative estimate of drug-likeness (QED) is 0.871. The molecule has 1 aromatic carbocycles. The first-order valence-corrected chi connectivity index (χ1v) is 7.42. The summed E-state index contributed by atoms with van der Waals surface area (Å²) >= 11 is 0. The molecule has 1 aliphatic carbocycles. The molecule has 0 amide bonds. The van der Waals surface area contributed by atoms with Gasteiger partial charge in [-0.3, -0.25) is 9.98 Å². The van der Waals surface area contributed by atoms with Crippen molar-refractivity contribution in [3.8, 4) is 11.3 Å². The molecule has 1 N–H and O–H groups in total. The number of nitrogens with zero attached hydrogens (tertiary/aromatic N) is 3. The zero-order valence-electron chi connectivity index (χ0n) is 12.1. The molecule has 0 saturated carbocycles. The normalized spacial score (nSPS) is 23.1. The Labute approximate surface area is 124 Å². The molecule has 4 nitrogen and oxygen atoms in total. The Morgan fingerprint density at radius 2 is 2.19 bits per heavy atom. The van der Waals surface area contributed by atoms with Gasteiger partial charge < -0.3 is 5.32 Å². The van der Waals surface area contributed by atoms with Crippen LogP contribution in [-0.4, -0.2) is 28.4 Å². The highest BCUT2D eigenvalue weighted by molar-refractivity contribution is 5.67. The van der Waals surface area contributed by atoms with E-state index in [1.165, 1.54) is 16.7 Å². The van der Waals surface area contributed by atoms with Crippen LogP contribution in [0.1, 0.15) is 23.2 Å². The van der Waals surface area contributed by atoms with E-state index in [4.69, 9.17) is 0 Å². The molecular formula is C17H18N4. The molecule has 1 aromatic heterocycles. The van der Waals surface area contributed by atoms with Crippen LogP contribution in [0.15, 0.2) is 35.6 Å². The van der Waals surface area contributed by atoms with E-state index in [2.05, 4.69) is 38.5 Å². The van der Waals surface area contributed by atoms with E-state index in [1.54, 1.807) is 6.20 Å². The van der Waals surface area contributed by atoms with E-state index in [9.17, 15) is 0 Å². The van der Waals surface area contributed by atoms with E-state index < -0.39 is 0 Å². The molecule has 0 saturated heterocycles. The minimum Gasteiger partial charge on any atom is -0.369 e. The third-order valence-corrected chi connectivity index (χ3v) is 4.55. The molecule has 106 valence electrons. The second-order valence-corrected chi connectivity index (χ2v) is 6.06. The summed E-state index contributed by atoms with van der Waals surface area (Å²) in [6.45, 7) is 2.86. The Bertz CT molecular complexity index is 712. The van der Waals surface area contributed by atoms with Gasteiger partial charge >= 0.3 is 0 Å². The van der Waals surface area contributed by atoms with Crippen molar-refractivity contribution in [2.75, 3.05) is 6.54 Å². The Balaban J connectivity index is 1.80. The molecule has 4 rings (SSSR count). The fourth-order valence-electron chi connectivity index (χ4n) is 3.42. The SMILES string of the molecule is Cc1cncc(-c2cccc3c2CC2(CC3)CN=CN2)n1. The number of aryl methyl sites for hydroxylation is 2. The Morgan fingerprint density at radius 3 is 3.00 bits per heavy atom. The zero-order chi connectivity index (χ0) is 14.3. The lowest BCUT2D eigenvalue weighted by Crippen LogP contribution is -2.48. The van der Waals surface area contributed by atoms with Crippen LogP contribution in [0.5, 0.6) is 0 Å². The van der Waals surface area contributed by atoms with Crippen molar-refractivity contribution in [2.24, 2.45) is 4.99 Å². The average Bonchev–Trinajstić information content (AvgIpc) is 2.95. The third kappa shape index (κ3) is 2.11. The van der Waals surface area contributed by atoms with E-state index in [0.717, 1.165) is 37.2 Å². The monoisotopic (exact) mass is 278 g/mol. The van der Waals surface area contributed by atoms with Crippen LogP contribution < -0.4 is 5.32 Å². The van der Waals surface area contributed by atoms with Gasteiger partial charge in [0.2, 0.25) is 0 Å². The maximum absolute atomic E-state index is 4.65. The summed E-state index contributed by atoms with van der Waals surface area (Å²) in [5.74, 6) is 0. The van der Waals surface area contributed by atoms with Crippen molar-refractivity contribution in [3.05, 3.63) is 47.4 Å². The largest absolute Gasteiger partial charge is 0.369 e. The lowest BCUT2D eigenvalue weighted by Gasteiger charge is -2.35. The van der Waals surface area contributed by atoms with E-state index in [1.807, 2.05) is 19.5 Å². The third-order valence-electron chi connectivity index (χ3n) is 4.55. The highest BCUT2D eigenvalue weighted by atomic mass is 15.1. The summed E-state index contributed by atoms with van der Waals surface area (Å²) in [6.07, 6.45) is 8.77. The molecule has 0 bridgehead atoms. The van der Waals surface area contributed by atoms with Gasteiger partial charge in [0.25, 0.3) is 0 Å². The molecule has 1 atom stereocenters. The lowest BCUT2D eigenvalue weighted by molar-refractivity contribution is 0.364. The molecule has 2 aliphatic rings. The van der Waals surface area contributed by atoms with Crippen LogP contribution in [-0.2, 0) is 12.8 Å². The smallest absolute Gasteiger partial charge is 0.0891 e. The van der Waals surface area contributed by atoms with Crippen molar-refractivity contribution < 1.29 is 0 Å². The Hall–Kier alpha value is -2.23. The van der Waals surface area contributed by atoms with Crippen molar-refractivity contribution in [2.45, 2.75) is 31.7 Å². The zero-order valence-corrected chi connectivity index (χ0v) is 12.1. The number of nitrogens with one attached hydrogen (secondary N) is 1. The molecule has 0 radical (unpaired) electrons. The van der Waals surface area contributed by atoms with E-state index in [0.29, 0.717) is 0 Å². The summed E-state index contributed by atoms with van der Waals surface area (Å²) in [6, 6.07) is 6.54. The first kappa shape index (κ1) is 12.5. The second kappa shape index (κ2) is 4.65. The highest BCUT2D eigenvalue weighted by Gasteiger charge is 2.36. The fourth-order valence-corrected chi connectivity index (χ4v) is 3.42. The number of hydrogen-bond acceptors (Lipinski definition) is 4.